The van der Waals surface area contributed by atoms with Crippen molar-refractivity contribution in [3.8, 4) is 0 Å². The number of rotatable bonds is 1. The molecular formula is C13H18N2. The summed E-state index contributed by atoms with van der Waals surface area (Å²) in [5, 5.41) is 3.56. The lowest BCUT2D eigenvalue weighted by molar-refractivity contribution is 0.122. The molecule has 2 heteroatoms. The van der Waals surface area contributed by atoms with Crippen molar-refractivity contribution >= 4 is 5.69 Å². The third kappa shape index (κ3) is 1.53. The molecule has 3 rings (SSSR count). The molecule has 1 unspecified atom stereocenters. The van der Waals surface area contributed by atoms with Crippen molar-refractivity contribution < 1.29 is 0 Å². The van der Waals surface area contributed by atoms with Crippen molar-refractivity contribution in [3.63, 3.8) is 0 Å². The summed E-state index contributed by atoms with van der Waals surface area (Å²) in [5.41, 5.74) is 4.32. The van der Waals surface area contributed by atoms with Gasteiger partial charge in [0.2, 0.25) is 0 Å². The van der Waals surface area contributed by atoms with E-state index >= 15 is 0 Å². The number of hydrogen-bond acceptors (Lipinski definition) is 2. The minimum Gasteiger partial charge on any atom is -0.383 e. The van der Waals surface area contributed by atoms with E-state index in [9.17, 15) is 0 Å². The Bertz CT molecular complexity index is 369. The van der Waals surface area contributed by atoms with Crippen LogP contribution in [0.15, 0.2) is 18.2 Å². The summed E-state index contributed by atoms with van der Waals surface area (Å²) >= 11 is 0. The second kappa shape index (κ2) is 3.53. The van der Waals surface area contributed by atoms with E-state index in [-0.39, 0.29) is 0 Å². The van der Waals surface area contributed by atoms with Crippen LogP contribution in [-0.4, -0.2) is 30.6 Å². The summed E-state index contributed by atoms with van der Waals surface area (Å²) < 4.78 is 0. The van der Waals surface area contributed by atoms with Crippen molar-refractivity contribution in [3.05, 3.63) is 29.3 Å². The number of benzene rings is 1. The first-order valence-electron chi connectivity index (χ1n) is 5.91. The van der Waals surface area contributed by atoms with Crippen LogP contribution in [-0.2, 0) is 6.42 Å². The molecule has 2 aliphatic heterocycles. The largest absolute Gasteiger partial charge is 0.383 e. The van der Waals surface area contributed by atoms with Gasteiger partial charge in [-0.1, -0.05) is 12.1 Å². The van der Waals surface area contributed by atoms with Crippen molar-refractivity contribution in [1.82, 2.24) is 4.90 Å². The summed E-state index contributed by atoms with van der Waals surface area (Å²) in [6.07, 6.45) is 2.62. The number of anilines is 1. The van der Waals surface area contributed by atoms with Crippen molar-refractivity contribution in [2.75, 3.05) is 25.0 Å². The van der Waals surface area contributed by atoms with Crippen molar-refractivity contribution in [2.24, 2.45) is 0 Å². The van der Waals surface area contributed by atoms with E-state index in [1.54, 1.807) is 0 Å². The quantitative estimate of drug-likeness (QED) is 0.749. The maximum Gasteiger partial charge on any atom is 0.0376 e. The Balaban J connectivity index is 1.85. The van der Waals surface area contributed by atoms with Crippen molar-refractivity contribution in [2.45, 2.75) is 25.8 Å². The molecule has 1 N–H and O–H groups in total. The molecule has 1 aromatic carbocycles. The Morgan fingerprint density at radius 2 is 2.20 bits per heavy atom. The third-order valence-electron chi connectivity index (χ3n) is 3.79. The van der Waals surface area contributed by atoms with Gasteiger partial charge in [-0.05, 0) is 50.0 Å². The summed E-state index contributed by atoms with van der Waals surface area (Å²) in [6.45, 7) is 5.94. The average molecular weight is 202 g/mol. The Morgan fingerprint density at radius 3 is 2.93 bits per heavy atom. The van der Waals surface area contributed by atoms with Gasteiger partial charge in [0.1, 0.15) is 0 Å². The fourth-order valence-corrected chi connectivity index (χ4v) is 2.64. The minimum absolute atomic E-state index is 0.729. The van der Waals surface area contributed by atoms with Gasteiger partial charge in [0.15, 0.2) is 0 Å². The zero-order valence-electron chi connectivity index (χ0n) is 9.29. The van der Waals surface area contributed by atoms with Gasteiger partial charge >= 0.3 is 0 Å². The van der Waals surface area contributed by atoms with Gasteiger partial charge in [0.05, 0.1) is 0 Å². The molecule has 15 heavy (non-hydrogen) atoms. The maximum atomic E-state index is 3.56. The van der Waals surface area contributed by atoms with E-state index in [0.717, 1.165) is 12.6 Å². The Kier molecular flexibility index (Phi) is 2.17. The first-order valence-corrected chi connectivity index (χ1v) is 5.91. The van der Waals surface area contributed by atoms with Gasteiger partial charge in [-0.15, -0.1) is 0 Å². The van der Waals surface area contributed by atoms with Crippen molar-refractivity contribution in [1.29, 1.82) is 0 Å². The molecule has 2 aliphatic rings. The summed E-state index contributed by atoms with van der Waals surface area (Å²) in [6, 6.07) is 7.30. The molecule has 0 saturated carbocycles. The first-order chi connectivity index (χ1) is 7.34. The molecule has 1 atom stereocenters. The van der Waals surface area contributed by atoms with Crippen LogP contribution in [0.3, 0.4) is 0 Å². The topological polar surface area (TPSA) is 15.3 Å². The predicted molar refractivity (Wildman–Crippen MR) is 63.4 cm³/mol. The summed E-state index contributed by atoms with van der Waals surface area (Å²) in [4.78, 5) is 2.60. The number of hydrogen-bond donors (Lipinski definition) is 1. The van der Waals surface area contributed by atoms with Crippen LogP contribution >= 0.6 is 0 Å². The highest BCUT2D eigenvalue weighted by molar-refractivity contribution is 5.56. The number of aryl methyl sites for hydroxylation is 1. The normalized spacial score (nSPS) is 25.3. The zero-order valence-corrected chi connectivity index (χ0v) is 9.29. The summed E-state index contributed by atoms with van der Waals surface area (Å²) in [7, 11) is 0. The van der Waals surface area contributed by atoms with E-state index in [4.69, 9.17) is 0 Å². The van der Waals surface area contributed by atoms with Crippen LogP contribution < -0.4 is 5.32 Å². The summed E-state index contributed by atoms with van der Waals surface area (Å²) in [5.74, 6) is 0. The standard InChI is InChI=1S/C13H18N2/c1-10-4-2-5-13-12(10)8-11(9-14-13)15-6-3-7-15/h2,4-5,11,14H,3,6-9H2,1H3. The fraction of sp³-hybridized carbons (Fsp3) is 0.538. The SMILES string of the molecule is Cc1cccc2c1CC(N1CCC1)CN2. The lowest BCUT2D eigenvalue weighted by Crippen LogP contribution is -2.50. The van der Waals surface area contributed by atoms with Crippen LogP contribution in [0.2, 0.25) is 0 Å². The highest BCUT2D eigenvalue weighted by atomic mass is 15.2. The molecule has 1 saturated heterocycles. The molecule has 80 valence electrons. The van der Waals surface area contributed by atoms with Crippen LogP contribution in [0.25, 0.3) is 0 Å². The van der Waals surface area contributed by atoms with E-state index in [1.807, 2.05) is 0 Å². The van der Waals surface area contributed by atoms with E-state index in [2.05, 4.69) is 35.3 Å². The van der Waals surface area contributed by atoms with Crippen LogP contribution in [0.5, 0.6) is 0 Å². The minimum atomic E-state index is 0.729. The molecule has 0 spiro atoms. The van der Waals surface area contributed by atoms with Crippen LogP contribution in [0, 0.1) is 6.92 Å². The van der Waals surface area contributed by atoms with Gasteiger partial charge in [-0.3, -0.25) is 4.90 Å². The molecule has 0 aliphatic carbocycles. The number of nitrogens with zero attached hydrogens (tertiary/aromatic N) is 1. The fourth-order valence-electron chi connectivity index (χ4n) is 2.64. The molecule has 0 bridgehead atoms. The molecule has 1 aromatic rings. The number of likely N-dealkylation sites (tertiary alicyclic amines) is 1. The average Bonchev–Trinajstić information content (AvgIpc) is 2.17. The van der Waals surface area contributed by atoms with Gasteiger partial charge < -0.3 is 5.32 Å². The second-order valence-corrected chi connectivity index (χ2v) is 4.73. The Labute approximate surface area is 91.3 Å². The highest BCUT2D eigenvalue weighted by Gasteiger charge is 2.27. The second-order valence-electron chi connectivity index (χ2n) is 4.73. The van der Waals surface area contributed by atoms with E-state index < -0.39 is 0 Å². The maximum absolute atomic E-state index is 3.56. The van der Waals surface area contributed by atoms with Gasteiger partial charge in [-0.25, -0.2) is 0 Å². The Morgan fingerprint density at radius 1 is 1.33 bits per heavy atom. The van der Waals surface area contributed by atoms with E-state index in [1.165, 1.54) is 42.7 Å². The number of nitrogens with one attached hydrogen (secondary N) is 1. The number of fused-ring (bicyclic) bond motifs is 1. The molecule has 2 heterocycles. The molecule has 0 amide bonds. The van der Waals surface area contributed by atoms with Crippen LogP contribution in [0.1, 0.15) is 17.5 Å². The smallest absolute Gasteiger partial charge is 0.0376 e. The first kappa shape index (κ1) is 9.22. The molecule has 2 nitrogen and oxygen atoms in total. The molecule has 0 radical (unpaired) electrons. The zero-order chi connectivity index (χ0) is 10.3. The molecule has 0 aromatic heterocycles. The molecular weight excluding hydrogens is 184 g/mol. The van der Waals surface area contributed by atoms with Gasteiger partial charge in [0.25, 0.3) is 0 Å². The lowest BCUT2D eigenvalue weighted by Gasteiger charge is -2.41. The lowest BCUT2D eigenvalue weighted by atomic mass is 9.93. The highest BCUT2D eigenvalue weighted by Crippen LogP contribution is 2.28. The Hall–Kier alpha value is -1.02. The van der Waals surface area contributed by atoms with Crippen LogP contribution in [0.4, 0.5) is 5.69 Å². The van der Waals surface area contributed by atoms with Gasteiger partial charge in [-0.2, -0.15) is 0 Å². The van der Waals surface area contributed by atoms with E-state index in [0.29, 0.717) is 0 Å². The monoisotopic (exact) mass is 202 g/mol. The van der Waals surface area contributed by atoms with Gasteiger partial charge in [0, 0.05) is 18.3 Å². The third-order valence-corrected chi connectivity index (χ3v) is 3.79. The predicted octanol–water partition coefficient (Wildman–Crippen LogP) is 2.04. The molecule has 1 fully saturated rings.